The van der Waals surface area contributed by atoms with E-state index in [9.17, 15) is 9.59 Å². The lowest BCUT2D eigenvalue weighted by Gasteiger charge is -2.44. The Labute approximate surface area is 201 Å². The third-order valence-corrected chi connectivity index (χ3v) is 7.87. The fraction of sp³-hybridized carbons (Fsp3) is 0.423. The van der Waals surface area contributed by atoms with Gasteiger partial charge in [-0.15, -0.1) is 0 Å². The molecule has 2 fully saturated rings. The highest BCUT2D eigenvalue weighted by Gasteiger charge is 2.43. The standard InChI is InChI=1S/C26H28FN5O3/c1-15(33)17-14-32-23-19(24(17)34)21(28)20(27)22(25(23)35-12-9-26(32)7-4-8-26)30-16-6-11-31(13-16)18-5-2-3-10-29-18/h2-3,5,10,14,16,30H,4,6-9,11-13,28H2,1H3. The normalized spacial score (nSPS) is 20.4. The van der Waals surface area contributed by atoms with Gasteiger partial charge in [0, 0.05) is 43.5 Å². The number of Topliss-reactive ketones (excluding diaryl/α,β-unsaturated/α-hetero) is 1. The molecule has 0 amide bonds. The Bertz CT molecular complexity index is 1400. The third-order valence-electron chi connectivity index (χ3n) is 7.87. The molecule has 6 rings (SSSR count). The molecule has 9 heteroatoms. The van der Waals surface area contributed by atoms with Gasteiger partial charge in [0.2, 0.25) is 5.43 Å². The fourth-order valence-electron chi connectivity index (χ4n) is 5.81. The molecule has 35 heavy (non-hydrogen) atoms. The molecule has 0 bridgehead atoms. The molecule has 3 aromatic rings. The van der Waals surface area contributed by atoms with Crippen molar-refractivity contribution in [3.05, 3.63) is 52.2 Å². The first-order chi connectivity index (χ1) is 16.9. The van der Waals surface area contributed by atoms with Crippen molar-refractivity contribution in [1.29, 1.82) is 0 Å². The number of pyridine rings is 2. The van der Waals surface area contributed by atoms with Crippen LogP contribution in [0.4, 0.5) is 21.6 Å². The number of nitrogens with two attached hydrogens (primary N) is 1. The van der Waals surface area contributed by atoms with Gasteiger partial charge in [0.05, 0.1) is 28.8 Å². The average molecular weight is 478 g/mol. The minimum Gasteiger partial charge on any atom is -0.489 e. The van der Waals surface area contributed by atoms with Crippen molar-refractivity contribution in [3.8, 4) is 5.75 Å². The Balaban J connectivity index is 1.49. The molecule has 1 unspecified atom stereocenters. The lowest BCUT2D eigenvalue weighted by atomic mass is 9.74. The van der Waals surface area contributed by atoms with Gasteiger partial charge in [-0.2, -0.15) is 0 Å². The third kappa shape index (κ3) is 3.28. The van der Waals surface area contributed by atoms with Crippen LogP contribution in [0, 0.1) is 5.82 Å². The number of hydrogen-bond donors (Lipinski definition) is 2. The first-order valence-corrected chi connectivity index (χ1v) is 12.2. The highest BCUT2D eigenvalue weighted by Crippen LogP contribution is 2.50. The van der Waals surface area contributed by atoms with Crippen molar-refractivity contribution in [1.82, 2.24) is 9.55 Å². The number of anilines is 3. The van der Waals surface area contributed by atoms with Gasteiger partial charge in [-0.05, 0) is 44.7 Å². The van der Waals surface area contributed by atoms with Crippen molar-refractivity contribution < 1.29 is 13.9 Å². The number of hydrogen-bond acceptors (Lipinski definition) is 7. The minimum absolute atomic E-state index is 0.0326. The summed E-state index contributed by atoms with van der Waals surface area (Å²) >= 11 is 0. The van der Waals surface area contributed by atoms with Gasteiger partial charge >= 0.3 is 0 Å². The maximum atomic E-state index is 15.8. The number of ether oxygens (including phenoxy) is 1. The number of nitrogens with one attached hydrogen (secondary N) is 1. The summed E-state index contributed by atoms with van der Waals surface area (Å²) in [7, 11) is 0. The first kappa shape index (κ1) is 21.9. The summed E-state index contributed by atoms with van der Waals surface area (Å²) in [5.41, 5.74) is 5.93. The highest BCUT2D eigenvalue weighted by molar-refractivity contribution is 6.04. The molecule has 1 saturated heterocycles. The van der Waals surface area contributed by atoms with Gasteiger partial charge in [0.25, 0.3) is 0 Å². The maximum Gasteiger partial charge on any atom is 0.202 e. The second-order valence-corrected chi connectivity index (χ2v) is 9.89. The van der Waals surface area contributed by atoms with Crippen LogP contribution in [0.1, 0.15) is 49.4 Å². The molecular formula is C26H28FN5O3. The molecule has 2 aliphatic heterocycles. The highest BCUT2D eigenvalue weighted by atomic mass is 19.1. The molecule has 2 aromatic heterocycles. The number of aromatic nitrogens is 2. The summed E-state index contributed by atoms with van der Waals surface area (Å²) < 4.78 is 24.0. The van der Waals surface area contributed by atoms with E-state index >= 15 is 4.39 Å². The van der Waals surface area contributed by atoms with E-state index in [1.807, 2.05) is 22.8 Å². The van der Waals surface area contributed by atoms with Crippen LogP contribution in [-0.2, 0) is 5.54 Å². The Morgan fingerprint density at radius 2 is 2.14 bits per heavy atom. The minimum atomic E-state index is -0.710. The van der Waals surface area contributed by atoms with Crippen LogP contribution in [0.5, 0.6) is 5.75 Å². The van der Waals surface area contributed by atoms with Gasteiger partial charge in [-0.25, -0.2) is 9.37 Å². The summed E-state index contributed by atoms with van der Waals surface area (Å²) in [6.07, 6.45) is 7.77. The van der Waals surface area contributed by atoms with Gasteiger partial charge in [0.15, 0.2) is 17.3 Å². The largest absolute Gasteiger partial charge is 0.489 e. The van der Waals surface area contributed by atoms with Crippen molar-refractivity contribution in [2.45, 2.75) is 50.6 Å². The molecule has 1 spiro atoms. The number of benzene rings is 1. The van der Waals surface area contributed by atoms with E-state index in [2.05, 4.69) is 15.2 Å². The van der Waals surface area contributed by atoms with E-state index in [4.69, 9.17) is 10.5 Å². The summed E-state index contributed by atoms with van der Waals surface area (Å²) in [6.45, 7) is 3.18. The second kappa shape index (κ2) is 7.96. The van der Waals surface area contributed by atoms with Crippen molar-refractivity contribution >= 4 is 33.9 Å². The average Bonchev–Trinajstić information content (AvgIpc) is 3.22. The van der Waals surface area contributed by atoms with E-state index in [0.717, 1.165) is 44.5 Å². The summed E-state index contributed by atoms with van der Waals surface area (Å²) in [6, 6.07) is 5.72. The van der Waals surface area contributed by atoms with Crippen LogP contribution in [0.2, 0.25) is 0 Å². The molecule has 0 radical (unpaired) electrons. The van der Waals surface area contributed by atoms with E-state index in [0.29, 0.717) is 24.4 Å². The summed E-state index contributed by atoms with van der Waals surface area (Å²) in [4.78, 5) is 32.2. The topological polar surface area (TPSA) is 102 Å². The zero-order valence-electron chi connectivity index (χ0n) is 19.6. The maximum absolute atomic E-state index is 15.8. The summed E-state index contributed by atoms with van der Waals surface area (Å²) in [5.74, 6) is 0.114. The monoisotopic (exact) mass is 477 g/mol. The quantitative estimate of drug-likeness (QED) is 0.437. The molecule has 1 aliphatic carbocycles. The second-order valence-electron chi connectivity index (χ2n) is 9.89. The van der Waals surface area contributed by atoms with Gasteiger partial charge in [-0.1, -0.05) is 6.07 Å². The molecule has 3 N–H and O–H groups in total. The first-order valence-electron chi connectivity index (χ1n) is 12.2. The molecule has 1 atom stereocenters. The number of carbonyl (C=O) groups excluding carboxylic acids is 1. The predicted octanol–water partition coefficient (Wildman–Crippen LogP) is 3.67. The Morgan fingerprint density at radius 1 is 1.31 bits per heavy atom. The Morgan fingerprint density at radius 3 is 2.83 bits per heavy atom. The number of nitrogens with zero attached hydrogens (tertiary/aromatic N) is 3. The number of carbonyl (C=O) groups is 1. The number of ketones is 1. The number of nitrogen functional groups attached to an aromatic ring is 1. The number of fused-ring (bicyclic) bond motifs is 1. The lowest BCUT2D eigenvalue weighted by Crippen LogP contribution is -2.42. The molecular weight excluding hydrogens is 449 g/mol. The predicted molar refractivity (Wildman–Crippen MR) is 133 cm³/mol. The van der Waals surface area contributed by atoms with Crippen molar-refractivity contribution in [2.24, 2.45) is 0 Å². The van der Waals surface area contributed by atoms with E-state index in [1.165, 1.54) is 6.92 Å². The van der Waals surface area contributed by atoms with Crippen LogP contribution < -0.4 is 26.1 Å². The smallest absolute Gasteiger partial charge is 0.202 e. The molecule has 1 saturated carbocycles. The fourth-order valence-corrected chi connectivity index (χ4v) is 5.81. The molecule has 1 aromatic carbocycles. The molecule has 182 valence electrons. The molecule has 8 nitrogen and oxygen atoms in total. The van der Waals surface area contributed by atoms with Crippen LogP contribution in [0.15, 0.2) is 35.4 Å². The molecule has 3 aliphatic rings. The zero-order valence-corrected chi connectivity index (χ0v) is 19.6. The van der Waals surface area contributed by atoms with E-state index in [1.54, 1.807) is 12.4 Å². The number of halogens is 1. The van der Waals surface area contributed by atoms with Crippen LogP contribution in [-0.4, -0.2) is 41.1 Å². The van der Waals surface area contributed by atoms with Crippen LogP contribution in [0.25, 0.3) is 10.9 Å². The van der Waals surface area contributed by atoms with E-state index in [-0.39, 0.29) is 39.7 Å². The SMILES string of the molecule is CC(=O)c1cn2c3c(c(NC4CCN(c5ccccn5)C4)c(F)c(N)c3c1=O)OCCC21CCC1. The summed E-state index contributed by atoms with van der Waals surface area (Å²) in [5, 5.41) is 3.37. The van der Waals surface area contributed by atoms with E-state index < -0.39 is 11.2 Å². The van der Waals surface area contributed by atoms with Crippen LogP contribution >= 0.6 is 0 Å². The Kier molecular flexibility index (Phi) is 4.98. The molecule has 4 heterocycles. The zero-order chi connectivity index (χ0) is 24.3. The van der Waals surface area contributed by atoms with Gasteiger partial charge in [0.1, 0.15) is 11.5 Å². The van der Waals surface area contributed by atoms with Crippen LogP contribution in [0.3, 0.4) is 0 Å². The van der Waals surface area contributed by atoms with Crippen molar-refractivity contribution in [2.75, 3.05) is 35.6 Å². The lowest BCUT2D eigenvalue weighted by molar-refractivity contribution is 0.100. The van der Waals surface area contributed by atoms with Gasteiger partial charge in [-0.3, -0.25) is 9.59 Å². The van der Waals surface area contributed by atoms with Gasteiger partial charge < -0.3 is 25.3 Å². The Hall–Kier alpha value is -3.62. The van der Waals surface area contributed by atoms with Crippen molar-refractivity contribution in [3.63, 3.8) is 0 Å². The number of rotatable bonds is 4.